The molecule has 0 aliphatic heterocycles. The number of hydrogen-bond donors (Lipinski definition) is 2. The van der Waals surface area contributed by atoms with Gasteiger partial charge in [-0.2, -0.15) is 9.50 Å². The van der Waals surface area contributed by atoms with Crippen molar-refractivity contribution in [2.45, 2.75) is 13.5 Å². The molecule has 0 spiro atoms. The highest BCUT2D eigenvalue weighted by molar-refractivity contribution is 5.43. The molecule has 1 aromatic carbocycles. The van der Waals surface area contributed by atoms with Crippen molar-refractivity contribution in [3.63, 3.8) is 0 Å². The van der Waals surface area contributed by atoms with Gasteiger partial charge in [-0.3, -0.25) is 9.89 Å². The third kappa shape index (κ3) is 2.37. The van der Waals surface area contributed by atoms with Gasteiger partial charge in [0.2, 0.25) is 0 Å². The molecule has 0 unspecified atom stereocenters. The Morgan fingerprint density at radius 2 is 2.05 bits per heavy atom. The van der Waals surface area contributed by atoms with Gasteiger partial charge in [-0.1, -0.05) is 0 Å². The second kappa shape index (κ2) is 4.76. The summed E-state index contributed by atoms with van der Waals surface area (Å²) in [6, 6.07) is 7.44. The fraction of sp³-hybridized carbons (Fsp3) is 0.154. The zero-order valence-corrected chi connectivity index (χ0v) is 10.7. The van der Waals surface area contributed by atoms with Gasteiger partial charge in [-0.25, -0.2) is 9.37 Å². The number of H-pyrrole nitrogens is 1. The number of aromatic amines is 1. The average Bonchev–Trinajstić information content (AvgIpc) is 2.81. The molecule has 3 rings (SSSR count). The Kier molecular flexibility index (Phi) is 2.94. The van der Waals surface area contributed by atoms with Gasteiger partial charge in [-0.05, 0) is 31.2 Å². The maximum atomic E-state index is 12.8. The largest absolute Gasteiger partial charge is 0.378 e. The highest BCUT2D eigenvalue weighted by Crippen LogP contribution is 2.09. The Morgan fingerprint density at radius 1 is 1.30 bits per heavy atom. The molecule has 0 atom stereocenters. The van der Waals surface area contributed by atoms with Crippen molar-refractivity contribution in [2.75, 3.05) is 5.32 Å². The molecule has 102 valence electrons. The van der Waals surface area contributed by atoms with Gasteiger partial charge < -0.3 is 5.32 Å². The quantitative estimate of drug-likeness (QED) is 0.758. The van der Waals surface area contributed by atoms with E-state index in [2.05, 4.69) is 20.4 Å². The normalized spacial score (nSPS) is 10.9. The van der Waals surface area contributed by atoms with E-state index < -0.39 is 0 Å². The lowest BCUT2D eigenvalue weighted by Gasteiger charge is -2.02. The van der Waals surface area contributed by atoms with Crippen LogP contribution >= 0.6 is 0 Å². The predicted octanol–water partition coefficient (Wildman–Crippen LogP) is 1.48. The smallest absolute Gasteiger partial charge is 0.274 e. The van der Waals surface area contributed by atoms with Gasteiger partial charge in [0.05, 0.1) is 6.54 Å². The van der Waals surface area contributed by atoms with Crippen LogP contribution in [0.15, 0.2) is 35.1 Å². The summed E-state index contributed by atoms with van der Waals surface area (Å²) in [6.45, 7) is 2.12. The summed E-state index contributed by atoms with van der Waals surface area (Å²) in [6.07, 6.45) is 0. The number of halogens is 1. The van der Waals surface area contributed by atoms with Crippen LogP contribution in [-0.2, 0) is 6.54 Å². The summed E-state index contributed by atoms with van der Waals surface area (Å²) in [5.74, 6) is 0.626. The zero-order chi connectivity index (χ0) is 14.1. The number of rotatable bonds is 3. The van der Waals surface area contributed by atoms with Crippen molar-refractivity contribution in [3.05, 3.63) is 58.0 Å². The topological polar surface area (TPSA) is 75.1 Å². The highest BCUT2D eigenvalue weighted by atomic mass is 19.1. The first kappa shape index (κ1) is 12.3. The van der Waals surface area contributed by atoms with E-state index in [4.69, 9.17) is 0 Å². The van der Waals surface area contributed by atoms with Crippen LogP contribution in [0.2, 0.25) is 0 Å². The maximum Gasteiger partial charge on any atom is 0.274 e. The predicted molar refractivity (Wildman–Crippen MR) is 72.1 cm³/mol. The second-order valence-electron chi connectivity index (χ2n) is 4.40. The molecule has 2 heterocycles. The van der Waals surface area contributed by atoms with Crippen molar-refractivity contribution in [2.24, 2.45) is 0 Å². The summed E-state index contributed by atoms with van der Waals surface area (Å²) >= 11 is 0. The molecule has 3 aromatic rings. The summed E-state index contributed by atoms with van der Waals surface area (Å²) in [5.41, 5.74) is 1.19. The first-order chi connectivity index (χ1) is 9.61. The molecule has 0 aliphatic carbocycles. The lowest BCUT2D eigenvalue weighted by Crippen LogP contribution is -2.14. The summed E-state index contributed by atoms with van der Waals surface area (Å²) in [5, 5.41) is 5.95. The first-order valence-electron chi connectivity index (χ1n) is 6.06. The standard InChI is InChI=1S/C13H12FN5O/c1-8-6-12(20)19-13(16-8)17-11(18-19)7-15-10-4-2-9(14)3-5-10/h2-6,15H,7H2,1H3,(H,16,17,18). The van der Waals surface area contributed by atoms with Crippen LogP contribution in [0.3, 0.4) is 0 Å². The Bertz CT molecular complexity index is 806. The van der Waals surface area contributed by atoms with E-state index in [0.29, 0.717) is 23.8 Å². The summed E-state index contributed by atoms with van der Waals surface area (Å²) in [7, 11) is 0. The van der Waals surface area contributed by atoms with Crippen molar-refractivity contribution in [1.82, 2.24) is 19.6 Å². The van der Waals surface area contributed by atoms with Gasteiger partial charge in [0, 0.05) is 17.4 Å². The minimum absolute atomic E-state index is 0.201. The summed E-state index contributed by atoms with van der Waals surface area (Å²) < 4.78 is 14.1. The van der Waals surface area contributed by atoms with Crippen LogP contribution in [0.4, 0.5) is 10.1 Å². The third-order valence-electron chi connectivity index (χ3n) is 2.81. The van der Waals surface area contributed by atoms with Crippen LogP contribution in [0.25, 0.3) is 5.78 Å². The molecule has 2 N–H and O–H groups in total. The van der Waals surface area contributed by atoms with E-state index in [1.165, 1.54) is 22.7 Å². The van der Waals surface area contributed by atoms with Gasteiger partial charge in [0.1, 0.15) is 11.6 Å². The van der Waals surface area contributed by atoms with Crippen LogP contribution in [-0.4, -0.2) is 19.6 Å². The molecular formula is C13H12FN5O. The monoisotopic (exact) mass is 273 g/mol. The molecular weight excluding hydrogens is 261 g/mol. The minimum atomic E-state index is -0.287. The SMILES string of the molecule is Cc1cc(=O)n2[nH]c(CNc3ccc(F)cc3)nc2n1. The molecule has 0 saturated heterocycles. The minimum Gasteiger partial charge on any atom is -0.378 e. The molecule has 0 bridgehead atoms. The van der Waals surface area contributed by atoms with E-state index in [9.17, 15) is 9.18 Å². The highest BCUT2D eigenvalue weighted by Gasteiger charge is 2.06. The fourth-order valence-electron chi connectivity index (χ4n) is 1.87. The van der Waals surface area contributed by atoms with E-state index in [1.807, 2.05) is 0 Å². The first-order valence-corrected chi connectivity index (χ1v) is 6.06. The Labute approximate surface area is 113 Å². The van der Waals surface area contributed by atoms with Crippen molar-refractivity contribution < 1.29 is 4.39 Å². The van der Waals surface area contributed by atoms with Crippen molar-refractivity contribution >= 4 is 11.5 Å². The number of anilines is 1. The van der Waals surface area contributed by atoms with Crippen LogP contribution < -0.4 is 10.9 Å². The number of hydrogen-bond acceptors (Lipinski definition) is 4. The lowest BCUT2D eigenvalue weighted by molar-refractivity contribution is 0.628. The second-order valence-corrected chi connectivity index (χ2v) is 4.40. The van der Waals surface area contributed by atoms with E-state index in [-0.39, 0.29) is 11.4 Å². The Morgan fingerprint density at radius 3 is 2.80 bits per heavy atom. The van der Waals surface area contributed by atoms with Crippen LogP contribution in [0.1, 0.15) is 11.5 Å². The number of aryl methyl sites for hydroxylation is 1. The maximum absolute atomic E-state index is 12.8. The molecule has 0 fully saturated rings. The van der Waals surface area contributed by atoms with Gasteiger partial charge in [0.15, 0.2) is 0 Å². The number of nitrogens with one attached hydrogen (secondary N) is 2. The number of aromatic nitrogens is 4. The molecule has 6 nitrogen and oxygen atoms in total. The molecule has 0 aliphatic rings. The number of nitrogens with zero attached hydrogens (tertiary/aromatic N) is 3. The van der Waals surface area contributed by atoms with Gasteiger partial charge >= 0.3 is 0 Å². The Balaban J connectivity index is 1.83. The number of benzene rings is 1. The number of fused-ring (bicyclic) bond motifs is 1. The molecule has 20 heavy (non-hydrogen) atoms. The van der Waals surface area contributed by atoms with Crippen LogP contribution in [0, 0.1) is 12.7 Å². The molecule has 0 amide bonds. The lowest BCUT2D eigenvalue weighted by atomic mass is 10.3. The Hall–Kier alpha value is -2.70. The van der Waals surface area contributed by atoms with Gasteiger partial charge in [0.25, 0.3) is 11.3 Å². The van der Waals surface area contributed by atoms with E-state index in [0.717, 1.165) is 5.69 Å². The van der Waals surface area contributed by atoms with E-state index >= 15 is 0 Å². The molecule has 7 heteroatoms. The third-order valence-corrected chi connectivity index (χ3v) is 2.81. The average molecular weight is 273 g/mol. The van der Waals surface area contributed by atoms with Crippen molar-refractivity contribution in [1.29, 1.82) is 0 Å². The summed E-state index contributed by atoms with van der Waals surface area (Å²) in [4.78, 5) is 20.1. The molecule has 0 radical (unpaired) electrons. The zero-order valence-electron chi connectivity index (χ0n) is 10.7. The van der Waals surface area contributed by atoms with Crippen molar-refractivity contribution in [3.8, 4) is 0 Å². The van der Waals surface area contributed by atoms with Crippen LogP contribution in [0.5, 0.6) is 0 Å². The fourth-order valence-corrected chi connectivity index (χ4v) is 1.87. The molecule has 2 aromatic heterocycles. The van der Waals surface area contributed by atoms with E-state index in [1.54, 1.807) is 19.1 Å². The van der Waals surface area contributed by atoms with Gasteiger partial charge in [-0.15, -0.1) is 0 Å². The molecule has 0 saturated carbocycles.